The van der Waals surface area contributed by atoms with Crippen LogP contribution in [-0.4, -0.2) is 36.0 Å². The fourth-order valence-electron chi connectivity index (χ4n) is 2.49. The Morgan fingerprint density at radius 3 is 2.76 bits per heavy atom. The van der Waals surface area contributed by atoms with Crippen LogP contribution in [0.5, 0.6) is 0 Å². The summed E-state index contributed by atoms with van der Waals surface area (Å²) in [6.07, 6.45) is 7.01. The molecule has 17 heavy (non-hydrogen) atoms. The second-order valence-electron chi connectivity index (χ2n) is 5.17. The fraction of sp³-hybridized carbons (Fsp3) is 0.929. The van der Waals surface area contributed by atoms with Gasteiger partial charge in [-0.05, 0) is 32.7 Å². The van der Waals surface area contributed by atoms with Gasteiger partial charge in [0, 0.05) is 12.6 Å². The lowest BCUT2D eigenvalue weighted by atomic mass is 10.1. The summed E-state index contributed by atoms with van der Waals surface area (Å²) in [5, 5.41) is 3.34. The quantitative estimate of drug-likeness (QED) is 0.661. The average molecular weight is 240 g/mol. The van der Waals surface area contributed by atoms with Gasteiger partial charge in [-0.15, -0.1) is 0 Å². The van der Waals surface area contributed by atoms with Crippen molar-refractivity contribution in [3.63, 3.8) is 0 Å². The van der Waals surface area contributed by atoms with E-state index in [-0.39, 0.29) is 6.04 Å². The number of nitrogens with zero attached hydrogens (tertiary/aromatic N) is 1. The number of hydrogen-bond acceptors (Lipinski definition) is 2. The Morgan fingerprint density at radius 2 is 2.12 bits per heavy atom. The molecule has 1 aliphatic rings. The third kappa shape index (κ3) is 4.30. The largest absolute Gasteiger partial charge is 0.339 e. The lowest BCUT2D eigenvalue weighted by Crippen LogP contribution is -2.42. The molecule has 0 saturated carbocycles. The zero-order valence-corrected chi connectivity index (χ0v) is 11.7. The summed E-state index contributed by atoms with van der Waals surface area (Å²) in [4.78, 5) is 14.2. The number of hydrogen-bond donors (Lipinski definition) is 1. The molecule has 1 N–H and O–H groups in total. The van der Waals surface area contributed by atoms with Gasteiger partial charge in [-0.2, -0.15) is 0 Å². The van der Waals surface area contributed by atoms with E-state index in [1.165, 1.54) is 19.3 Å². The minimum Gasteiger partial charge on any atom is -0.339 e. The van der Waals surface area contributed by atoms with Crippen molar-refractivity contribution in [3.05, 3.63) is 0 Å². The molecule has 2 unspecified atom stereocenters. The zero-order chi connectivity index (χ0) is 12.7. The molecule has 100 valence electrons. The molecule has 1 saturated heterocycles. The predicted molar refractivity (Wildman–Crippen MR) is 72.0 cm³/mol. The van der Waals surface area contributed by atoms with Crippen molar-refractivity contribution in [3.8, 4) is 0 Å². The molecule has 0 aromatic carbocycles. The maximum Gasteiger partial charge on any atom is 0.240 e. The Labute approximate surface area is 106 Å². The molecule has 0 radical (unpaired) electrons. The van der Waals surface area contributed by atoms with E-state index in [0.717, 1.165) is 32.4 Å². The lowest BCUT2D eigenvalue weighted by Gasteiger charge is -2.25. The highest BCUT2D eigenvalue weighted by Gasteiger charge is 2.33. The minimum atomic E-state index is 0.0866. The first kappa shape index (κ1) is 14.5. The SMILES string of the molecule is CCCCCC(C)N1CCC(NCCC)C1=O. The summed E-state index contributed by atoms with van der Waals surface area (Å²) >= 11 is 0. The van der Waals surface area contributed by atoms with Crippen molar-refractivity contribution in [1.82, 2.24) is 10.2 Å². The first-order chi connectivity index (χ1) is 8.20. The van der Waals surface area contributed by atoms with Gasteiger partial charge < -0.3 is 10.2 Å². The van der Waals surface area contributed by atoms with E-state index in [0.29, 0.717) is 11.9 Å². The summed E-state index contributed by atoms with van der Waals surface area (Å²) in [6, 6.07) is 0.506. The van der Waals surface area contributed by atoms with Crippen LogP contribution in [0.3, 0.4) is 0 Å². The smallest absolute Gasteiger partial charge is 0.240 e. The Morgan fingerprint density at radius 1 is 1.35 bits per heavy atom. The van der Waals surface area contributed by atoms with Crippen molar-refractivity contribution >= 4 is 5.91 Å². The van der Waals surface area contributed by atoms with Crippen molar-refractivity contribution in [2.75, 3.05) is 13.1 Å². The standard InChI is InChI=1S/C14H28N2O/c1-4-6-7-8-12(3)16-11-9-13(14(16)17)15-10-5-2/h12-13,15H,4-11H2,1-3H3. The van der Waals surface area contributed by atoms with Gasteiger partial charge in [0.15, 0.2) is 0 Å². The predicted octanol–water partition coefficient (Wildman–Crippen LogP) is 2.56. The zero-order valence-electron chi connectivity index (χ0n) is 11.7. The number of amides is 1. The summed E-state index contributed by atoms with van der Waals surface area (Å²) in [5.74, 6) is 0.322. The second-order valence-corrected chi connectivity index (χ2v) is 5.17. The number of unbranched alkanes of at least 4 members (excludes halogenated alkanes) is 2. The molecule has 1 amide bonds. The van der Waals surface area contributed by atoms with E-state index in [1.807, 2.05) is 0 Å². The van der Waals surface area contributed by atoms with Crippen LogP contribution in [0, 0.1) is 0 Å². The maximum atomic E-state index is 12.1. The summed E-state index contributed by atoms with van der Waals surface area (Å²) in [5.41, 5.74) is 0. The first-order valence-corrected chi connectivity index (χ1v) is 7.24. The van der Waals surface area contributed by atoms with Gasteiger partial charge in [-0.25, -0.2) is 0 Å². The van der Waals surface area contributed by atoms with Crippen molar-refractivity contribution in [1.29, 1.82) is 0 Å². The Bertz CT molecular complexity index is 230. The van der Waals surface area contributed by atoms with Gasteiger partial charge in [-0.1, -0.05) is 33.1 Å². The van der Waals surface area contributed by atoms with Crippen LogP contribution >= 0.6 is 0 Å². The molecule has 2 atom stereocenters. The molecule has 0 spiro atoms. The molecule has 0 aromatic rings. The fourth-order valence-corrected chi connectivity index (χ4v) is 2.49. The van der Waals surface area contributed by atoms with Gasteiger partial charge >= 0.3 is 0 Å². The average Bonchev–Trinajstić information content (AvgIpc) is 2.68. The number of likely N-dealkylation sites (tertiary alicyclic amines) is 1. The van der Waals surface area contributed by atoms with Crippen LogP contribution in [0.25, 0.3) is 0 Å². The van der Waals surface area contributed by atoms with Gasteiger partial charge in [0.25, 0.3) is 0 Å². The highest BCUT2D eigenvalue weighted by molar-refractivity contribution is 5.84. The van der Waals surface area contributed by atoms with Gasteiger partial charge in [0.1, 0.15) is 0 Å². The van der Waals surface area contributed by atoms with Crippen LogP contribution < -0.4 is 5.32 Å². The summed E-state index contributed by atoms with van der Waals surface area (Å²) in [7, 11) is 0. The molecule has 1 fully saturated rings. The molecular formula is C14H28N2O. The van der Waals surface area contributed by atoms with Gasteiger partial charge in [-0.3, -0.25) is 4.79 Å². The molecule has 1 rings (SSSR count). The number of rotatable bonds is 8. The Hall–Kier alpha value is -0.570. The van der Waals surface area contributed by atoms with Crippen LogP contribution in [0.1, 0.15) is 59.3 Å². The first-order valence-electron chi connectivity index (χ1n) is 7.24. The van der Waals surface area contributed by atoms with E-state index >= 15 is 0 Å². The van der Waals surface area contributed by atoms with E-state index in [4.69, 9.17) is 0 Å². The molecule has 1 aliphatic heterocycles. The number of carbonyl (C=O) groups excluding carboxylic acids is 1. The molecular weight excluding hydrogens is 212 g/mol. The second kappa shape index (κ2) is 7.70. The lowest BCUT2D eigenvalue weighted by molar-refractivity contribution is -0.131. The van der Waals surface area contributed by atoms with E-state index in [9.17, 15) is 4.79 Å². The van der Waals surface area contributed by atoms with Gasteiger partial charge in [0.2, 0.25) is 5.91 Å². The van der Waals surface area contributed by atoms with Crippen LogP contribution in [0.2, 0.25) is 0 Å². The molecule has 0 aliphatic carbocycles. The van der Waals surface area contributed by atoms with Crippen LogP contribution in [0.4, 0.5) is 0 Å². The highest BCUT2D eigenvalue weighted by Crippen LogP contribution is 2.18. The summed E-state index contributed by atoms with van der Waals surface area (Å²) < 4.78 is 0. The maximum absolute atomic E-state index is 12.1. The number of carbonyl (C=O) groups is 1. The third-order valence-corrected chi connectivity index (χ3v) is 3.64. The van der Waals surface area contributed by atoms with Gasteiger partial charge in [0.05, 0.1) is 6.04 Å². The summed E-state index contributed by atoms with van der Waals surface area (Å²) in [6.45, 7) is 8.44. The Balaban J connectivity index is 2.32. The monoisotopic (exact) mass is 240 g/mol. The highest BCUT2D eigenvalue weighted by atomic mass is 16.2. The van der Waals surface area contributed by atoms with Crippen molar-refractivity contribution in [2.45, 2.75) is 71.4 Å². The van der Waals surface area contributed by atoms with Crippen LogP contribution in [-0.2, 0) is 4.79 Å². The van der Waals surface area contributed by atoms with Crippen molar-refractivity contribution < 1.29 is 4.79 Å². The van der Waals surface area contributed by atoms with E-state index < -0.39 is 0 Å². The molecule has 1 heterocycles. The van der Waals surface area contributed by atoms with Crippen LogP contribution in [0.15, 0.2) is 0 Å². The number of nitrogens with one attached hydrogen (secondary N) is 1. The minimum absolute atomic E-state index is 0.0866. The third-order valence-electron chi connectivity index (χ3n) is 3.64. The molecule has 0 bridgehead atoms. The normalized spacial score (nSPS) is 22.2. The van der Waals surface area contributed by atoms with E-state index in [1.54, 1.807) is 0 Å². The topological polar surface area (TPSA) is 32.3 Å². The van der Waals surface area contributed by atoms with Crippen molar-refractivity contribution in [2.24, 2.45) is 0 Å². The molecule has 0 aromatic heterocycles. The van der Waals surface area contributed by atoms with E-state index in [2.05, 4.69) is 31.0 Å². The molecule has 3 heteroatoms. The Kier molecular flexibility index (Phi) is 6.56. The molecule has 3 nitrogen and oxygen atoms in total.